The fourth-order valence-electron chi connectivity index (χ4n) is 2.27. The molecule has 3 rings (SSSR count). The van der Waals surface area contributed by atoms with Gasteiger partial charge in [-0.05, 0) is 22.9 Å². The minimum atomic E-state index is -0.525. The van der Waals surface area contributed by atoms with E-state index in [1.165, 1.54) is 0 Å². The number of nitrogens with one attached hydrogen (secondary N) is 1. The van der Waals surface area contributed by atoms with Gasteiger partial charge >= 0.3 is 6.09 Å². The van der Waals surface area contributed by atoms with Crippen LogP contribution in [0, 0.1) is 0 Å². The maximum absolute atomic E-state index is 11.5. The molecular formula is C13H16BrN5O3. The Kier molecular flexibility index (Phi) is 4.44. The van der Waals surface area contributed by atoms with Crippen LogP contribution in [0.1, 0.15) is 6.92 Å². The van der Waals surface area contributed by atoms with Crippen LogP contribution in [0.15, 0.2) is 17.0 Å². The van der Waals surface area contributed by atoms with E-state index in [0.717, 1.165) is 23.5 Å². The van der Waals surface area contributed by atoms with E-state index in [1.807, 2.05) is 4.40 Å². The van der Waals surface area contributed by atoms with Gasteiger partial charge in [-0.25, -0.2) is 14.8 Å². The van der Waals surface area contributed by atoms with Crippen molar-refractivity contribution in [2.45, 2.75) is 6.92 Å². The summed E-state index contributed by atoms with van der Waals surface area (Å²) in [7, 11) is 0. The average molecular weight is 370 g/mol. The lowest BCUT2D eigenvalue weighted by Gasteiger charge is -2.27. The summed E-state index contributed by atoms with van der Waals surface area (Å²) in [4.78, 5) is 22.5. The van der Waals surface area contributed by atoms with Gasteiger partial charge in [0, 0.05) is 13.1 Å². The Morgan fingerprint density at radius 1 is 1.50 bits per heavy atom. The summed E-state index contributed by atoms with van der Waals surface area (Å²) in [6.45, 7) is 4.91. The van der Waals surface area contributed by atoms with Crippen LogP contribution in [-0.2, 0) is 9.47 Å². The van der Waals surface area contributed by atoms with Crippen LogP contribution < -0.4 is 10.2 Å². The lowest BCUT2D eigenvalue weighted by Crippen LogP contribution is -2.37. The summed E-state index contributed by atoms with van der Waals surface area (Å²) in [5.41, 5.74) is 0.670. The van der Waals surface area contributed by atoms with E-state index >= 15 is 0 Å². The quantitative estimate of drug-likeness (QED) is 0.889. The third kappa shape index (κ3) is 3.00. The normalized spacial score (nSPS) is 15.1. The van der Waals surface area contributed by atoms with Gasteiger partial charge in [0.1, 0.15) is 4.60 Å². The fourth-order valence-corrected chi connectivity index (χ4v) is 2.64. The SMILES string of the molecule is CCOC(=O)Nc1cn2c(Br)cnc(N3CCOCC3)c2n1. The van der Waals surface area contributed by atoms with Gasteiger partial charge in [-0.1, -0.05) is 0 Å². The highest BCUT2D eigenvalue weighted by molar-refractivity contribution is 9.10. The number of rotatable bonds is 3. The zero-order valence-corrected chi connectivity index (χ0v) is 13.7. The number of aromatic nitrogens is 3. The second kappa shape index (κ2) is 6.49. The van der Waals surface area contributed by atoms with Crippen molar-refractivity contribution < 1.29 is 14.3 Å². The Labute approximate surface area is 135 Å². The molecule has 0 atom stereocenters. The summed E-state index contributed by atoms with van der Waals surface area (Å²) in [5.74, 6) is 1.19. The third-order valence-corrected chi connectivity index (χ3v) is 3.83. The summed E-state index contributed by atoms with van der Waals surface area (Å²) in [6, 6.07) is 0. The molecule has 0 bridgehead atoms. The molecule has 2 aromatic heterocycles. The number of fused-ring (bicyclic) bond motifs is 1. The molecule has 1 aliphatic rings. The maximum Gasteiger partial charge on any atom is 0.412 e. The van der Waals surface area contributed by atoms with Crippen LogP contribution in [0.2, 0.25) is 0 Å². The van der Waals surface area contributed by atoms with E-state index < -0.39 is 6.09 Å². The molecule has 0 aromatic carbocycles. The Hall–Kier alpha value is -1.87. The molecule has 1 fully saturated rings. The third-order valence-electron chi connectivity index (χ3n) is 3.25. The smallest absolute Gasteiger partial charge is 0.412 e. The van der Waals surface area contributed by atoms with Crippen molar-refractivity contribution in [3.8, 4) is 0 Å². The molecule has 1 N–H and O–H groups in total. The Balaban J connectivity index is 1.94. The van der Waals surface area contributed by atoms with Crippen LogP contribution in [0.3, 0.4) is 0 Å². The first-order valence-electron chi connectivity index (χ1n) is 6.99. The molecule has 8 nitrogen and oxygen atoms in total. The molecule has 2 aromatic rings. The number of ether oxygens (including phenoxy) is 2. The van der Waals surface area contributed by atoms with E-state index in [1.54, 1.807) is 19.3 Å². The highest BCUT2D eigenvalue weighted by atomic mass is 79.9. The number of carbonyl (C=O) groups is 1. The molecule has 1 saturated heterocycles. The molecule has 1 amide bonds. The van der Waals surface area contributed by atoms with E-state index in [0.29, 0.717) is 31.3 Å². The molecule has 0 spiro atoms. The molecule has 0 aliphatic carbocycles. The minimum absolute atomic E-state index is 0.309. The highest BCUT2D eigenvalue weighted by Gasteiger charge is 2.19. The lowest BCUT2D eigenvalue weighted by molar-refractivity contribution is 0.122. The number of hydrogen-bond donors (Lipinski definition) is 1. The first-order chi connectivity index (χ1) is 10.7. The van der Waals surface area contributed by atoms with Gasteiger partial charge in [0.15, 0.2) is 17.3 Å². The summed E-state index contributed by atoms with van der Waals surface area (Å²) < 4.78 is 12.8. The Morgan fingerprint density at radius 3 is 3.00 bits per heavy atom. The van der Waals surface area contributed by atoms with Crippen molar-refractivity contribution >= 4 is 39.3 Å². The van der Waals surface area contributed by atoms with Crippen molar-refractivity contribution in [1.82, 2.24) is 14.4 Å². The molecular weight excluding hydrogens is 354 g/mol. The first kappa shape index (κ1) is 15.0. The zero-order valence-electron chi connectivity index (χ0n) is 12.1. The molecule has 3 heterocycles. The molecule has 9 heteroatoms. The van der Waals surface area contributed by atoms with Gasteiger partial charge in [-0.15, -0.1) is 0 Å². The maximum atomic E-state index is 11.5. The molecule has 0 radical (unpaired) electrons. The van der Waals surface area contributed by atoms with Crippen LogP contribution in [0.5, 0.6) is 0 Å². The van der Waals surface area contributed by atoms with E-state index in [2.05, 4.69) is 36.1 Å². The number of hydrogen-bond acceptors (Lipinski definition) is 6. The van der Waals surface area contributed by atoms with Gasteiger partial charge in [0.25, 0.3) is 0 Å². The lowest BCUT2D eigenvalue weighted by atomic mass is 10.4. The molecule has 118 valence electrons. The zero-order chi connectivity index (χ0) is 15.5. The topological polar surface area (TPSA) is 81.0 Å². The summed E-state index contributed by atoms with van der Waals surface area (Å²) in [5, 5.41) is 2.60. The molecule has 0 unspecified atom stereocenters. The Morgan fingerprint density at radius 2 is 2.27 bits per heavy atom. The predicted octanol–water partition coefficient (Wildman–Crippen LogP) is 1.90. The molecule has 22 heavy (non-hydrogen) atoms. The minimum Gasteiger partial charge on any atom is -0.450 e. The Bertz CT molecular complexity index is 684. The second-order valence-corrected chi connectivity index (χ2v) is 5.48. The van der Waals surface area contributed by atoms with Crippen LogP contribution in [0.4, 0.5) is 16.4 Å². The standard InChI is InChI=1S/C13H16BrN5O3/c1-2-22-13(20)17-10-8-19-9(14)7-15-11(12(19)16-10)18-3-5-21-6-4-18/h7-8H,2-6H2,1H3,(H,17,20). The van der Waals surface area contributed by atoms with Gasteiger partial charge in [-0.3, -0.25) is 9.72 Å². The van der Waals surface area contributed by atoms with Crippen molar-refractivity contribution in [3.63, 3.8) is 0 Å². The average Bonchev–Trinajstić information content (AvgIpc) is 2.93. The van der Waals surface area contributed by atoms with E-state index in [4.69, 9.17) is 9.47 Å². The van der Waals surface area contributed by atoms with E-state index in [-0.39, 0.29) is 0 Å². The van der Waals surface area contributed by atoms with Gasteiger partial charge in [-0.2, -0.15) is 0 Å². The fraction of sp³-hybridized carbons (Fsp3) is 0.462. The number of imidazole rings is 1. The molecule has 1 aliphatic heterocycles. The van der Waals surface area contributed by atoms with Crippen molar-refractivity contribution in [1.29, 1.82) is 0 Å². The summed E-state index contributed by atoms with van der Waals surface area (Å²) >= 11 is 3.44. The van der Waals surface area contributed by atoms with Gasteiger partial charge in [0.05, 0.1) is 32.2 Å². The van der Waals surface area contributed by atoms with Crippen LogP contribution in [0.25, 0.3) is 5.65 Å². The number of morpholine rings is 1. The number of anilines is 2. The van der Waals surface area contributed by atoms with Gasteiger partial charge < -0.3 is 14.4 Å². The number of nitrogens with zero attached hydrogens (tertiary/aromatic N) is 4. The first-order valence-corrected chi connectivity index (χ1v) is 7.78. The largest absolute Gasteiger partial charge is 0.450 e. The summed E-state index contributed by atoms with van der Waals surface area (Å²) in [6.07, 6.45) is 2.91. The number of halogens is 1. The van der Waals surface area contributed by atoms with Crippen LogP contribution >= 0.6 is 15.9 Å². The molecule has 0 saturated carbocycles. The van der Waals surface area contributed by atoms with Gasteiger partial charge in [0.2, 0.25) is 0 Å². The van der Waals surface area contributed by atoms with Crippen LogP contribution in [-0.4, -0.2) is 53.4 Å². The predicted molar refractivity (Wildman–Crippen MR) is 84.4 cm³/mol. The number of carbonyl (C=O) groups excluding carboxylic acids is 1. The number of amides is 1. The monoisotopic (exact) mass is 369 g/mol. The van der Waals surface area contributed by atoms with Crippen molar-refractivity contribution in [3.05, 3.63) is 17.0 Å². The van der Waals surface area contributed by atoms with Crippen molar-refractivity contribution in [2.24, 2.45) is 0 Å². The highest BCUT2D eigenvalue weighted by Crippen LogP contribution is 2.25. The van der Waals surface area contributed by atoms with Crippen molar-refractivity contribution in [2.75, 3.05) is 43.1 Å². The second-order valence-electron chi connectivity index (χ2n) is 4.67. The van der Waals surface area contributed by atoms with E-state index in [9.17, 15) is 4.79 Å².